The smallest absolute Gasteiger partial charge is 0.164 e. The van der Waals surface area contributed by atoms with Gasteiger partial charge in [-0.15, -0.1) is 0 Å². The summed E-state index contributed by atoms with van der Waals surface area (Å²) in [5.74, 6) is 0.938. The van der Waals surface area contributed by atoms with E-state index in [2.05, 4.69) is 25.8 Å². The predicted octanol–water partition coefficient (Wildman–Crippen LogP) is 3.24. The molecular formula is C15H23NO. The van der Waals surface area contributed by atoms with Crippen LogP contribution in [0.5, 0.6) is 0 Å². The van der Waals surface area contributed by atoms with Gasteiger partial charge < -0.3 is 4.90 Å². The zero-order chi connectivity index (χ0) is 12.7. The molecule has 0 heterocycles. The van der Waals surface area contributed by atoms with Crippen molar-refractivity contribution in [2.45, 2.75) is 26.7 Å². The van der Waals surface area contributed by atoms with E-state index < -0.39 is 0 Å². The molecular weight excluding hydrogens is 210 g/mol. The van der Waals surface area contributed by atoms with E-state index in [1.165, 1.54) is 6.42 Å². The van der Waals surface area contributed by atoms with Crippen LogP contribution < -0.4 is 0 Å². The Morgan fingerprint density at radius 3 is 2.53 bits per heavy atom. The van der Waals surface area contributed by atoms with Crippen molar-refractivity contribution in [3.63, 3.8) is 0 Å². The van der Waals surface area contributed by atoms with Gasteiger partial charge in [-0.2, -0.15) is 0 Å². The fourth-order valence-electron chi connectivity index (χ4n) is 1.81. The van der Waals surface area contributed by atoms with Crippen molar-refractivity contribution in [2.24, 2.45) is 5.92 Å². The zero-order valence-corrected chi connectivity index (χ0v) is 11.1. The van der Waals surface area contributed by atoms with Gasteiger partial charge in [0.2, 0.25) is 0 Å². The first-order valence-corrected chi connectivity index (χ1v) is 6.40. The van der Waals surface area contributed by atoms with E-state index in [9.17, 15) is 4.79 Å². The van der Waals surface area contributed by atoms with Crippen LogP contribution in [0.4, 0.5) is 0 Å². The van der Waals surface area contributed by atoms with Gasteiger partial charge in [-0.1, -0.05) is 50.6 Å². The van der Waals surface area contributed by atoms with Crippen LogP contribution >= 0.6 is 0 Å². The fraction of sp³-hybridized carbons (Fsp3) is 0.533. The number of hydrogen-bond acceptors (Lipinski definition) is 2. The summed E-state index contributed by atoms with van der Waals surface area (Å²) in [6.07, 6.45) is 1.80. The third-order valence-corrected chi connectivity index (χ3v) is 3.14. The molecule has 17 heavy (non-hydrogen) atoms. The Hall–Kier alpha value is -1.15. The molecule has 1 unspecified atom stereocenters. The molecule has 0 aliphatic heterocycles. The molecule has 0 bridgehead atoms. The van der Waals surface area contributed by atoms with Gasteiger partial charge in [0, 0.05) is 25.1 Å². The van der Waals surface area contributed by atoms with Crippen molar-refractivity contribution in [3.05, 3.63) is 35.9 Å². The lowest BCUT2D eigenvalue weighted by molar-refractivity contribution is 0.0966. The molecule has 2 heteroatoms. The summed E-state index contributed by atoms with van der Waals surface area (Å²) in [6.45, 7) is 6.36. The minimum absolute atomic E-state index is 0.238. The molecule has 0 fully saturated rings. The van der Waals surface area contributed by atoms with Crippen LogP contribution in [0.25, 0.3) is 0 Å². The highest BCUT2D eigenvalue weighted by Crippen LogP contribution is 2.06. The highest BCUT2D eigenvalue weighted by atomic mass is 16.1. The van der Waals surface area contributed by atoms with Gasteiger partial charge in [-0.05, 0) is 13.0 Å². The van der Waals surface area contributed by atoms with Crippen LogP contribution in [0, 0.1) is 5.92 Å². The molecule has 1 rings (SSSR count). The highest BCUT2D eigenvalue weighted by molar-refractivity contribution is 5.96. The van der Waals surface area contributed by atoms with Crippen molar-refractivity contribution in [1.29, 1.82) is 0 Å². The molecule has 0 aliphatic rings. The SMILES string of the molecule is CCC(C)CN(C)CCC(=O)c1ccccc1. The van der Waals surface area contributed by atoms with E-state index in [0.29, 0.717) is 12.3 Å². The first-order chi connectivity index (χ1) is 8.13. The van der Waals surface area contributed by atoms with Crippen molar-refractivity contribution in [2.75, 3.05) is 20.1 Å². The second kappa shape index (κ2) is 7.23. The van der Waals surface area contributed by atoms with Gasteiger partial charge in [-0.3, -0.25) is 4.79 Å². The van der Waals surface area contributed by atoms with Gasteiger partial charge in [0.05, 0.1) is 0 Å². The average Bonchev–Trinajstić information content (AvgIpc) is 2.36. The average molecular weight is 233 g/mol. The Bertz CT molecular complexity index is 334. The van der Waals surface area contributed by atoms with E-state index in [1.54, 1.807) is 0 Å². The minimum atomic E-state index is 0.238. The normalized spacial score (nSPS) is 12.7. The lowest BCUT2D eigenvalue weighted by Gasteiger charge is -2.19. The largest absolute Gasteiger partial charge is 0.306 e. The zero-order valence-electron chi connectivity index (χ0n) is 11.1. The minimum Gasteiger partial charge on any atom is -0.306 e. The first kappa shape index (κ1) is 13.9. The second-order valence-electron chi connectivity index (χ2n) is 4.81. The molecule has 0 N–H and O–H groups in total. The number of Topliss-reactive ketones (excluding diaryl/α,β-unsaturated/α-hetero) is 1. The molecule has 0 aliphatic carbocycles. The maximum absolute atomic E-state index is 11.9. The van der Waals surface area contributed by atoms with Crippen LogP contribution in [-0.4, -0.2) is 30.8 Å². The molecule has 1 aromatic carbocycles. The molecule has 1 atom stereocenters. The molecule has 2 nitrogen and oxygen atoms in total. The van der Waals surface area contributed by atoms with Crippen molar-refractivity contribution < 1.29 is 4.79 Å². The lowest BCUT2D eigenvalue weighted by Crippen LogP contribution is -2.26. The van der Waals surface area contributed by atoms with E-state index in [0.717, 1.165) is 18.7 Å². The van der Waals surface area contributed by atoms with E-state index in [1.807, 2.05) is 30.3 Å². The van der Waals surface area contributed by atoms with Crippen LogP contribution in [0.3, 0.4) is 0 Å². The number of nitrogens with zero attached hydrogens (tertiary/aromatic N) is 1. The van der Waals surface area contributed by atoms with Crippen LogP contribution in [0.2, 0.25) is 0 Å². The van der Waals surface area contributed by atoms with Crippen LogP contribution in [0.15, 0.2) is 30.3 Å². The molecule has 0 saturated carbocycles. The summed E-state index contributed by atoms with van der Waals surface area (Å²) in [4.78, 5) is 14.1. The predicted molar refractivity (Wildman–Crippen MR) is 72.3 cm³/mol. The van der Waals surface area contributed by atoms with Crippen LogP contribution in [0.1, 0.15) is 37.0 Å². The number of carbonyl (C=O) groups is 1. The lowest BCUT2D eigenvalue weighted by atomic mass is 10.1. The molecule has 0 spiro atoms. The molecule has 1 aromatic rings. The second-order valence-corrected chi connectivity index (χ2v) is 4.81. The summed E-state index contributed by atoms with van der Waals surface area (Å²) in [6, 6.07) is 9.53. The maximum atomic E-state index is 11.9. The molecule has 0 aromatic heterocycles. The van der Waals surface area contributed by atoms with Gasteiger partial charge in [0.1, 0.15) is 0 Å². The number of benzene rings is 1. The van der Waals surface area contributed by atoms with Gasteiger partial charge in [-0.25, -0.2) is 0 Å². The quantitative estimate of drug-likeness (QED) is 0.674. The van der Waals surface area contributed by atoms with Crippen LogP contribution in [-0.2, 0) is 0 Å². The molecule has 0 saturated heterocycles. The summed E-state index contributed by atoms with van der Waals surface area (Å²) in [7, 11) is 2.09. The van der Waals surface area contributed by atoms with E-state index >= 15 is 0 Å². The third-order valence-electron chi connectivity index (χ3n) is 3.14. The first-order valence-electron chi connectivity index (χ1n) is 6.40. The van der Waals surface area contributed by atoms with E-state index in [4.69, 9.17) is 0 Å². The molecule has 94 valence electrons. The Labute approximate surface area is 105 Å². The molecule has 0 radical (unpaired) electrons. The topological polar surface area (TPSA) is 20.3 Å². The summed E-state index contributed by atoms with van der Waals surface area (Å²) >= 11 is 0. The Morgan fingerprint density at radius 1 is 1.29 bits per heavy atom. The summed E-state index contributed by atoms with van der Waals surface area (Å²) in [5, 5.41) is 0. The van der Waals surface area contributed by atoms with Gasteiger partial charge >= 0.3 is 0 Å². The monoisotopic (exact) mass is 233 g/mol. The maximum Gasteiger partial charge on any atom is 0.164 e. The van der Waals surface area contributed by atoms with Crippen molar-refractivity contribution in [3.8, 4) is 0 Å². The van der Waals surface area contributed by atoms with E-state index in [-0.39, 0.29) is 5.78 Å². The Morgan fingerprint density at radius 2 is 1.94 bits per heavy atom. The Balaban J connectivity index is 2.33. The van der Waals surface area contributed by atoms with Crippen molar-refractivity contribution in [1.82, 2.24) is 4.90 Å². The fourth-order valence-corrected chi connectivity index (χ4v) is 1.81. The molecule has 0 amide bonds. The number of hydrogen-bond donors (Lipinski definition) is 0. The summed E-state index contributed by atoms with van der Waals surface area (Å²) < 4.78 is 0. The number of ketones is 1. The van der Waals surface area contributed by atoms with Gasteiger partial charge in [0.25, 0.3) is 0 Å². The van der Waals surface area contributed by atoms with Crippen molar-refractivity contribution >= 4 is 5.78 Å². The summed E-state index contributed by atoms with van der Waals surface area (Å²) in [5.41, 5.74) is 0.824. The standard InChI is InChI=1S/C15H23NO/c1-4-13(2)12-16(3)11-10-15(17)14-8-6-5-7-9-14/h5-9,13H,4,10-12H2,1-3H3. The highest BCUT2D eigenvalue weighted by Gasteiger charge is 2.08. The Kier molecular flexibility index (Phi) is 5.92. The third kappa shape index (κ3) is 5.14. The number of rotatable bonds is 7. The van der Waals surface area contributed by atoms with Gasteiger partial charge in [0.15, 0.2) is 5.78 Å². The number of carbonyl (C=O) groups excluding carboxylic acids is 1.